The van der Waals surface area contributed by atoms with Crippen molar-refractivity contribution in [3.05, 3.63) is 12.2 Å². The summed E-state index contributed by atoms with van der Waals surface area (Å²) in [5.74, 6) is 0. The number of rotatable bonds is 8. The van der Waals surface area contributed by atoms with Crippen molar-refractivity contribution >= 4 is 0 Å². The zero-order chi connectivity index (χ0) is 10.1. The van der Waals surface area contributed by atoms with Crippen molar-refractivity contribution in [3.63, 3.8) is 0 Å². The molecule has 3 heteroatoms. The Morgan fingerprint density at radius 3 is 2.31 bits per heavy atom. The van der Waals surface area contributed by atoms with E-state index < -0.39 is 0 Å². The summed E-state index contributed by atoms with van der Waals surface area (Å²) < 4.78 is 10.6. The summed E-state index contributed by atoms with van der Waals surface area (Å²) >= 11 is 0. The van der Waals surface area contributed by atoms with Crippen LogP contribution in [0.5, 0.6) is 0 Å². The summed E-state index contributed by atoms with van der Waals surface area (Å²) in [4.78, 5) is 2.09. The second-order valence-electron chi connectivity index (χ2n) is 3.43. The van der Waals surface area contributed by atoms with Crippen LogP contribution in [0.3, 0.4) is 0 Å². The van der Waals surface area contributed by atoms with Gasteiger partial charge in [0.2, 0.25) is 0 Å². The van der Waals surface area contributed by atoms with Gasteiger partial charge in [0.05, 0.1) is 26.4 Å². The van der Waals surface area contributed by atoms with E-state index in [1.165, 1.54) is 0 Å². The van der Waals surface area contributed by atoms with Gasteiger partial charge >= 0.3 is 0 Å². The highest BCUT2D eigenvalue weighted by Crippen LogP contribution is 1.88. The van der Waals surface area contributed by atoms with Crippen LogP contribution in [-0.4, -0.2) is 52.0 Å². The summed E-state index contributed by atoms with van der Waals surface area (Å²) in [6.45, 7) is 9.37. The Hall–Kier alpha value is -0.380. The molecule has 0 spiro atoms. The van der Waals surface area contributed by atoms with Crippen LogP contribution in [0.4, 0.5) is 0 Å². The van der Waals surface area contributed by atoms with E-state index >= 15 is 0 Å². The zero-order valence-corrected chi connectivity index (χ0v) is 9.01. The van der Waals surface area contributed by atoms with Gasteiger partial charge in [0.25, 0.3) is 0 Å². The van der Waals surface area contributed by atoms with Gasteiger partial charge in [-0.3, -0.25) is 0 Å². The molecule has 0 aromatic carbocycles. The first-order valence-corrected chi connectivity index (χ1v) is 4.57. The maximum atomic E-state index is 5.33. The lowest BCUT2D eigenvalue weighted by Gasteiger charge is -2.09. The van der Waals surface area contributed by atoms with E-state index in [2.05, 4.69) is 11.5 Å². The highest BCUT2D eigenvalue weighted by molar-refractivity contribution is 4.87. The van der Waals surface area contributed by atoms with Crippen molar-refractivity contribution in [1.82, 2.24) is 4.90 Å². The topological polar surface area (TPSA) is 21.7 Å². The van der Waals surface area contributed by atoms with Gasteiger partial charge in [-0.15, -0.1) is 0 Å². The first-order valence-electron chi connectivity index (χ1n) is 4.57. The van der Waals surface area contributed by atoms with Crippen LogP contribution in [0.1, 0.15) is 6.92 Å². The van der Waals surface area contributed by atoms with Gasteiger partial charge in [-0.25, -0.2) is 0 Å². The van der Waals surface area contributed by atoms with Crippen molar-refractivity contribution in [2.24, 2.45) is 0 Å². The van der Waals surface area contributed by atoms with Crippen molar-refractivity contribution in [2.45, 2.75) is 6.92 Å². The molecule has 0 saturated carbocycles. The Bertz CT molecular complexity index is 135. The molecule has 0 aliphatic rings. The third-order valence-corrected chi connectivity index (χ3v) is 1.40. The van der Waals surface area contributed by atoms with Crippen molar-refractivity contribution < 1.29 is 9.47 Å². The number of ether oxygens (including phenoxy) is 2. The molecule has 0 fully saturated rings. The van der Waals surface area contributed by atoms with E-state index in [9.17, 15) is 0 Å². The molecule has 0 unspecified atom stereocenters. The first kappa shape index (κ1) is 12.6. The summed E-state index contributed by atoms with van der Waals surface area (Å²) in [6.07, 6.45) is 0. The van der Waals surface area contributed by atoms with Crippen LogP contribution in [0.25, 0.3) is 0 Å². The fraction of sp³-hybridized carbons (Fsp3) is 0.800. The van der Waals surface area contributed by atoms with Crippen molar-refractivity contribution in [2.75, 3.05) is 47.1 Å². The van der Waals surface area contributed by atoms with E-state index in [1.54, 1.807) is 0 Å². The minimum absolute atomic E-state index is 0.636. The molecule has 0 aromatic rings. The largest absolute Gasteiger partial charge is 0.378 e. The Labute approximate surface area is 81.3 Å². The lowest BCUT2D eigenvalue weighted by Crippen LogP contribution is -2.19. The molecule has 0 bridgehead atoms. The highest BCUT2D eigenvalue weighted by atomic mass is 16.5. The number of hydrogen-bond acceptors (Lipinski definition) is 3. The maximum Gasteiger partial charge on any atom is 0.0704 e. The van der Waals surface area contributed by atoms with Gasteiger partial charge in [-0.2, -0.15) is 0 Å². The molecule has 0 heterocycles. The quantitative estimate of drug-likeness (QED) is 0.420. The van der Waals surface area contributed by atoms with Gasteiger partial charge in [-0.05, 0) is 21.0 Å². The minimum atomic E-state index is 0.636. The number of nitrogens with zero attached hydrogens (tertiary/aromatic N) is 1. The molecular weight excluding hydrogens is 166 g/mol. The molecule has 0 rings (SSSR count). The molecule has 3 nitrogen and oxygen atoms in total. The molecule has 0 radical (unpaired) electrons. The Balaban J connectivity index is 2.96. The summed E-state index contributed by atoms with van der Waals surface area (Å²) in [5.41, 5.74) is 1.05. The summed E-state index contributed by atoms with van der Waals surface area (Å²) in [7, 11) is 4.06. The predicted molar refractivity (Wildman–Crippen MR) is 55.0 cm³/mol. The zero-order valence-electron chi connectivity index (χ0n) is 9.01. The molecule has 0 N–H and O–H groups in total. The maximum absolute atomic E-state index is 5.33. The number of likely N-dealkylation sites (N-methyl/N-ethyl adjacent to an activating group) is 1. The van der Waals surface area contributed by atoms with Crippen molar-refractivity contribution in [1.29, 1.82) is 0 Å². The van der Waals surface area contributed by atoms with Gasteiger partial charge in [0.1, 0.15) is 0 Å². The van der Waals surface area contributed by atoms with Crippen LogP contribution in [0.15, 0.2) is 12.2 Å². The Kier molecular flexibility index (Phi) is 7.99. The van der Waals surface area contributed by atoms with Gasteiger partial charge < -0.3 is 14.4 Å². The average Bonchev–Trinajstić information content (AvgIpc) is 2.01. The monoisotopic (exact) mass is 187 g/mol. The minimum Gasteiger partial charge on any atom is -0.378 e. The molecule has 0 aliphatic carbocycles. The van der Waals surface area contributed by atoms with Gasteiger partial charge in [0, 0.05) is 6.54 Å². The lowest BCUT2D eigenvalue weighted by molar-refractivity contribution is 0.0505. The SMILES string of the molecule is C=C(C)COCCOCCN(C)C. The normalized spacial score (nSPS) is 10.8. The van der Waals surface area contributed by atoms with E-state index in [-0.39, 0.29) is 0 Å². The molecule has 0 amide bonds. The second kappa shape index (κ2) is 8.23. The number of hydrogen-bond donors (Lipinski definition) is 0. The Morgan fingerprint density at radius 2 is 1.77 bits per heavy atom. The van der Waals surface area contributed by atoms with E-state index in [1.807, 2.05) is 21.0 Å². The highest BCUT2D eigenvalue weighted by Gasteiger charge is 1.91. The van der Waals surface area contributed by atoms with Crippen LogP contribution < -0.4 is 0 Å². The fourth-order valence-corrected chi connectivity index (χ4v) is 0.713. The third kappa shape index (κ3) is 11.6. The van der Waals surface area contributed by atoms with Crippen LogP contribution >= 0.6 is 0 Å². The standard InChI is InChI=1S/C10H21NO2/c1-10(2)9-13-8-7-12-6-5-11(3)4/h1,5-9H2,2-4H3. The summed E-state index contributed by atoms with van der Waals surface area (Å²) in [6, 6.07) is 0. The molecule has 0 atom stereocenters. The first-order chi connectivity index (χ1) is 6.13. The second-order valence-corrected chi connectivity index (χ2v) is 3.43. The van der Waals surface area contributed by atoms with Crippen LogP contribution in [0.2, 0.25) is 0 Å². The Morgan fingerprint density at radius 1 is 1.15 bits per heavy atom. The molecule has 13 heavy (non-hydrogen) atoms. The van der Waals surface area contributed by atoms with E-state index in [0.717, 1.165) is 18.7 Å². The average molecular weight is 187 g/mol. The third-order valence-electron chi connectivity index (χ3n) is 1.40. The summed E-state index contributed by atoms with van der Waals surface area (Å²) in [5, 5.41) is 0. The van der Waals surface area contributed by atoms with E-state index in [4.69, 9.17) is 9.47 Å². The molecule has 0 saturated heterocycles. The lowest BCUT2D eigenvalue weighted by atomic mass is 10.4. The van der Waals surface area contributed by atoms with E-state index in [0.29, 0.717) is 19.8 Å². The molecular formula is C10H21NO2. The fourth-order valence-electron chi connectivity index (χ4n) is 0.713. The van der Waals surface area contributed by atoms with Crippen LogP contribution in [0, 0.1) is 0 Å². The molecule has 78 valence electrons. The van der Waals surface area contributed by atoms with Crippen LogP contribution in [-0.2, 0) is 9.47 Å². The predicted octanol–water partition coefficient (Wildman–Crippen LogP) is 1.16. The smallest absolute Gasteiger partial charge is 0.0704 e. The van der Waals surface area contributed by atoms with Crippen molar-refractivity contribution in [3.8, 4) is 0 Å². The molecule has 0 aromatic heterocycles. The molecule has 0 aliphatic heterocycles. The van der Waals surface area contributed by atoms with Gasteiger partial charge in [0.15, 0.2) is 0 Å². The van der Waals surface area contributed by atoms with Gasteiger partial charge in [-0.1, -0.05) is 12.2 Å².